The van der Waals surface area contributed by atoms with Crippen molar-refractivity contribution in [3.8, 4) is 0 Å². The predicted molar refractivity (Wildman–Crippen MR) is 75.8 cm³/mol. The molecule has 0 radical (unpaired) electrons. The smallest absolute Gasteiger partial charge is 0.270 e. The van der Waals surface area contributed by atoms with Crippen LogP contribution in [-0.4, -0.2) is 35.4 Å². The van der Waals surface area contributed by atoms with E-state index in [1.54, 1.807) is 4.90 Å². The van der Waals surface area contributed by atoms with E-state index >= 15 is 0 Å². The summed E-state index contributed by atoms with van der Waals surface area (Å²) in [7, 11) is 0. The second-order valence-electron chi connectivity index (χ2n) is 4.89. The third-order valence-electron chi connectivity index (χ3n) is 3.63. The lowest BCUT2D eigenvalue weighted by molar-refractivity contribution is -0.384. The Morgan fingerprint density at radius 2 is 2.10 bits per heavy atom. The molecule has 0 aromatic heterocycles. The van der Waals surface area contributed by atoms with Crippen LogP contribution < -0.4 is 5.73 Å². The normalized spacial score (nSPS) is 16.2. The molecule has 1 aromatic carbocycles. The Morgan fingerprint density at radius 1 is 1.45 bits per heavy atom. The van der Waals surface area contributed by atoms with Crippen LogP contribution in [0.1, 0.15) is 23.2 Å². The fraction of sp³-hybridized carbons (Fsp3) is 0.462. The van der Waals surface area contributed by atoms with Crippen LogP contribution in [0.25, 0.3) is 0 Å². The summed E-state index contributed by atoms with van der Waals surface area (Å²) in [4.78, 5) is 24.2. The first-order valence-corrected chi connectivity index (χ1v) is 6.84. The number of amides is 1. The van der Waals surface area contributed by atoms with E-state index in [4.69, 9.17) is 17.3 Å². The molecular formula is C13H16ClN3O3. The van der Waals surface area contributed by atoms with Crippen LogP contribution in [0, 0.1) is 16.0 Å². The van der Waals surface area contributed by atoms with Crippen molar-refractivity contribution in [2.75, 3.05) is 19.6 Å². The molecule has 6 nitrogen and oxygen atoms in total. The Labute approximate surface area is 121 Å². The zero-order valence-electron chi connectivity index (χ0n) is 10.9. The SMILES string of the molecule is NCC1CCN(C(=O)c2ccc([N+](=O)[O-])cc2Cl)CC1. The summed E-state index contributed by atoms with van der Waals surface area (Å²) in [6.45, 7) is 1.93. The number of piperidine rings is 1. The number of hydrogen-bond acceptors (Lipinski definition) is 4. The molecule has 2 N–H and O–H groups in total. The molecule has 2 rings (SSSR count). The van der Waals surface area contributed by atoms with Crippen LogP contribution in [0.5, 0.6) is 0 Å². The molecule has 1 fully saturated rings. The zero-order chi connectivity index (χ0) is 14.7. The van der Waals surface area contributed by atoms with Crippen LogP contribution in [0.4, 0.5) is 5.69 Å². The summed E-state index contributed by atoms with van der Waals surface area (Å²) in [5.74, 6) is 0.284. The number of nitrogens with zero attached hydrogens (tertiary/aromatic N) is 2. The molecule has 0 spiro atoms. The number of benzene rings is 1. The first-order valence-electron chi connectivity index (χ1n) is 6.46. The van der Waals surface area contributed by atoms with Gasteiger partial charge < -0.3 is 10.6 Å². The Morgan fingerprint density at radius 3 is 2.60 bits per heavy atom. The number of hydrogen-bond donors (Lipinski definition) is 1. The van der Waals surface area contributed by atoms with Crippen LogP contribution in [0.2, 0.25) is 5.02 Å². The lowest BCUT2D eigenvalue weighted by Gasteiger charge is -2.31. The number of nitro groups is 1. The summed E-state index contributed by atoms with van der Waals surface area (Å²) in [5, 5.41) is 10.8. The molecule has 7 heteroatoms. The minimum absolute atomic E-state index is 0.116. The van der Waals surface area contributed by atoms with Crippen LogP contribution in [-0.2, 0) is 0 Å². The van der Waals surface area contributed by atoms with Gasteiger partial charge in [-0.1, -0.05) is 11.6 Å². The minimum atomic E-state index is -0.535. The van der Waals surface area contributed by atoms with Crippen molar-refractivity contribution in [1.29, 1.82) is 0 Å². The summed E-state index contributed by atoms with van der Waals surface area (Å²) >= 11 is 5.97. The highest BCUT2D eigenvalue weighted by molar-refractivity contribution is 6.34. The Kier molecular flexibility index (Phi) is 4.57. The first-order chi connectivity index (χ1) is 9.52. The van der Waals surface area contributed by atoms with E-state index in [9.17, 15) is 14.9 Å². The highest BCUT2D eigenvalue weighted by Crippen LogP contribution is 2.25. The van der Waals surface area contributed by atoms with E-state index in [-0.39, 0.29) is 16.6 Å². The number of halogens is 1. The number of nitro benzene ring substituents is 1. The lowest BCUT2D eigenvalue weighted by atomic mass is 9.96. The molecule has 0 saturated carbocycles. The Bertz CT molecular complexity index is 528. The lowest BCUT2D eigenvalue weighted by Crippen LogP contribution is -2.40. The van der Waals surface area contributed by atoms with Crippen molar-refractivity contribution in [2.45, 2.75) is 12.8 Å². The van der Waals surface area contributed by atoms with Gasteiger partial charge in [0.25, 0.3) is 11.6 Å². The molecule has 0 bridgehead atoms. The van der Waals surface area contributed by atoms with Crippen molar-refractivity contribution in [2.24, 2.45) is 11.7 Å². The standard InChI is InChI=1S/C13H16ClN3O3/c14-12-7-10(17(19)20)1-2-11(12)13(18)16-5-3-9(8-15)4-6-16/h1-2,7,9H,3-6,8,15H2. The van der Waals surface area contributed by atoms with Gasteiger partial charge in [0.15, 0.2) is 0 Å². The Hall–Kier alpha value is -1.66. The van der Waals surface area contributed by atoms with Gasteiger partial charge in [-0.15, -0.1) is 0 Å². The van der Waals surface area contributed by atoms with E-state index in [0.29, 0.717) is 31.1 Å². The van der Waals surface area contributed by atoms with Gasteiger partial charge in [0, 0.05) is 25.2 Å². The van der Waals surface area contributed by atoms with Crippen molar-refractivity contribution in [3.63, 3.8) is 0 Å². The second kappa shape index (κ2) is 6.19. The highest BCUT2D eigenvalue weighted by Gasteiger charge is 2.25. The summed E-state index contributed by atoms with van der Waals surface area (Å²) in [6, 6.07) is 3.92. The molecule has 0 atom stereocenters. The number of rotatable bonds is 3. The van der Waals surface area contributed by atoms with Gasteiger partial charge in [-0.25, -0.2) is 0 Å². The zero-order valence-corrected chi connectivity index (χ0v) is 11.7. The second-order valence-corrected chi connectivity index (χ2v) is 5.30. The average Bonchev–Trinajstić information content (AvgIpc) is 2.46. The van der Waals surface area contributed by atoms with E-state index < -0.39 is 4.92 Å². The quantitative estimate of drug-likeness (QED) is 0.683. The van der Waals surface area contributed by atoms with E-state index in [0.717, 1.165) is 12.8 Å². The monoisotopic (exact) mass is 297 g/mol. The van der Waals surface area contributed by atoms with Crippen molar-refractivity contribution in [1.82, 2.24) is 4.90 Å². The van der Waals surface area contributed by atoms with Crippen LogP contribution in [0.15, 0.2) is 18.2 Å². The number of nitrogens with two attached hydrogens (primary N) is 1. The number of likely N-dealkylation sites (tertiary alicyclic amines) is 1. The maximum absolute atomic E-state index is 12.3. The topological polar surface area (TPSA) is 89.5 Å². The van der Waals surface area contributed by atoms with E-state index in [1.807, 2.05) is 0 Å². The van der Waals surface area contributed by atoms with Crippen molar-refractivity contribution >= 4 is 23.2 Å². The van der Waals surface area contributed by atoms with Gasteiger partial charge in [0.2, 0.25) is 0 Å². The van der Waals surface area contributed by atoms with Crippen molar-refractivity contribution < 1.29 is 9.72 Å². The fourth-order valence-corrected chi connectivity index (χ4v) is 2.59. The average molecular weight is 298 g/mol. The molecule has 1 aliphatic rings. The highest BCUT2D eigenvalue weighted by atomic mass is 35.5. The van der Waals surface area contributed by atoms with Gasteiger partial charge in [0.05, 0.1) is 15.5 Å². The summed E-state index contributed by atoms with van der Waals surface area (Å²) < 4.78 is 0. The molecule has 1 heterocycles. The number of non-ortho nitro benzene ring substituents is 1. The largest absolute Gasteiger partial charge is 0.339 e. The number of carbonyl (C=O) groups is 1. The first kappa shape index (κ1) is 14.7. The van der Waals surface area contributed by atoms with Gasteiger partial charge >= 0.3 is 0 Å². The van der Waals surface area contributed by atoms with Gasteiger partial charge in [-0.2, -0.15) is 0 Å². The van der Waals surface area contributed by atoms with Gasteiger partial charge in [-0.3, -0.25) is 14.9 Å². The molecule has 20 heavy (non-hydrogen) atoms. The fourth-order valence-electron chi connectivity index (χ4n) is 2.33. The molecule has 108 valence electrons. The van der Waals surface area contributed by atoms with Gasteiger partial charge in [0.1, 0.15) is 0 Å². The van der Waals surface area contributed by atoms with Crippen LogP contribution >= 0.6 is 11.6 Å². The maximum atomic E-state index is 12.3. The minimum Gasteiger partial charge on any atom is -0.339 e. The summed E-state index contributed by atoms with van der Waals surface area (Å²) in [5.41, 5.74) is 5.81. The molecule has 0 unspecified atom stereocenters. The van der Waals surface area contributed by atoms with E-state index in [1.165, 1.54) is 18.2 Å². The van der Waals surface area contributed by atoms with E-state index in [2.05, 4.69) is 0 Å². The molecule has 1 aliphatic heterocycles. The third kappa shape index (κ3) is 3.08. The third-order valence-corrected chi connectivity index (χ3v) is 3.94. The number of carbonyl (C=O) groups excluding carboxylic acids is 1. The molecule has 0 aliphatic carbocycles. The predicted octanol–water partition coefficient (Wildman–Crippen LogP) is 2.06. The molecular weight excluding hydrogens is 282 g/mol. The molecule has 1 amide bonds. The maximum Gasteiger partial charge on any atom is 0.270 e. The van der Waals surface area contributed by atoms with Crippen LogP contribution in [0.3, 0.4) is 0 Å². The molecule has 1 aromatic rings. The van der Waals surface area contributed by atoms with Gasteiger partial charge in [-0.05, 0) is 31.4 Å². The summed E-state index contributed by atoms with van der Waals surface area (Å²) in [6.07, 6.45) is 1.76. The molecule has 1 saturated heterocycles. The Balaban J connectivity index is 2.12. The van der Waals surface area contributed by atoms with Crippen molar-refractivity contribution in [3.05, 3.63) is 38.9 Å².